The lowest BCUT2D eigenvalue weighted by atomic mass is 9.66. The van der Waals surface area contributed by atoms with Crippen LogP contribution in [0.5, 0.6) is 0 Å². The van der Waals surface area contributed by atoms with Crippen LogP contribution in [-0.4, -0.2) is 82.9 Å². The van der Waals surface area contributed by atoms with Crippen LogP contribution < -0.4 is 21.8 Å². The molecule has 1 unspecified atom stereocenters. The normalized spacial score (nSPS) is 21.7. The largest absolute Gasteiger partial charge is 0.391 e. The van der Waals surface area contributed by atoms with Crippen molar-refractivity contribution < 1.29 is 19.5 Å². The lowest BCUT2D eigenvalue weighted by Gasteiger charge is -2.45. The van der Waals surface area contributed by atoms with Gasteiger partial charge in [-0.05, 0) is 98.3 Å². The SMILES string of the molecule is BCCCCCc1cc(-c2scnc2C)ccc1CNC(=O)[C@@H]1C[C@@H](O)CN1C(=O)[C@@H](NCC(C)(CCCC)C1CCC(N(N)/C=C(\C)NC(C)=O)CC1)C(C)(C)C. The van der Waals surface area contributed by atoms with Crippen molar-refractivity contribution in [2.24, 2.45) is 22.6 Å². The van der Waals surface area contributed by atoms with Gasteiger partial charge in [0.1, 0.15) is 13.9 Å². The molecule has 4 atom stereocenters. The minimum absolute atomic E-state index is 0.0457. The topological polar surface area (TPSA) is 153 Å². The number of nitrogens with zero attached hydrogens (tertiary/aromatic N) is 3. The molecule has 1 aliphatic heterocycles. The fraction of sp³-hybridized carbons (Fsp3) is 0.689. The number of hydrogen-bond donors (Lipinski definition) is 5. The Morgan fingerprint density at radius 3 is 2.43 bits per heavy atom. The van der Waals surface area contributed by atoms with E-state index in [9.17, 15) is 19.5 Å². The highest BCUT2D eigenvalue weighted by atomic mass is 32.1. The van der Waals surface area contributed by atoms with Crippen molar-refractivity contribution in [3.05, 3.63) is 52.4 Å². The van der Waals surface area contributed by atoms with Gasteiger partial charge in [0.15, 0.2) is 0 Å². The molecule has 2 fully saturated rings. The maximum Gasteiger partial charge on any atom is 0.243 e. The Kier molecular flexibility index (Phi) is 17.9. The quantitative estimate of drug-likeness (QED) is 0.0446. The molecule has 1 aromatic heterocycles. The number of β-amino-alcohol motifs (C(OH)–C–C–N with tert-alkyl or cyclic N) is 1. The highest BCUT2D eigenvalue weighted by Crippen LogP contribution is 2.43. The fourth-order valence-electron chi connectivity index (χ4n) is 9.09. The van der Waals surface area contributed by atoms with Gasteiger partial charge in [0.25, 0.3) is 0 Å². The number of rotatable bonds is 20. The van der Waals surface area contributed by atoms with Crippen LogP contribution in [0.25, 0.3) is 10.4 Å². The maximum absolute atomic E-state index is 14.6. The standard InChI is InChI=1S/C45H74BN7O4S/c1-9-10-21-45(8,36-17-19-37(20-18-36)53(47)26-30(2)51-32(4)54)28-49-41(44(5,6)7)43(57)52-27-38(55)24-39(52)42(56)48-25-35-16-15-34(40-31(3)50-29-58-40)23-33(35)14-12-11-13-22-46/h15-16,23,26,29,36-39,41,49,55H,9-14,17-22,24-25,27-28,46-47H2,1-8H3,(H,48,56)(H,51,54)/b30-26+/t36?,37?,38-,39+,41-,45?/m1/s1. The summed E-state index contributed by atoms with van der Waals surface area (Å²) in [4.78, 5) is 47.4. The van der Waals surface area contributed by atoms with E-state index in [4.69, 9.17) is 5.84 Å². The number of allylic oxidation sites excluding steroid dienone is 1. The lowest BCUT2D eigenvalue weighted by Crippen LogP contribution is -2.58. The number of benzene rings is 1. The molecule has 2 aliphatic rings. The molecule has 11 nitrogen and oxygen atoms in total. The number of thiazole rings is 1. The van der Waals surface area contributed by atoms with Gasteiger partial charge < -0.3 is 31.0 Å². The van der Waals surface area contributed by atoms with E-state index in [1.165, 1.54) is 30.1 Å². The number of aliphatic hydroxyl groups excluding tert-OH is 1. The fourth-order valence-corrected chi connectivity index (χ4v) is 9.89. The molecular formula is C45H74BN7O4S. The number of amides is 3. The first kappa shape index (κ1) is 47.4. The van der Waals surface area contributed by atoms with Gasteiger partial charge in [0.2, 0.25) is 17.7 Å². The number of nitrogens with one attached hydrogen (secondary N) is 3. The molecule has 13 heteroatoms. The number of carbonyl (C=O) groups is 3. The molecule has 1 saturated carbocycles. The molecule has 2 heterocycles. The molecule has 6 N–H and O–H groups in total. The molecule has 0 radical (unpaired) electrons. The van der Waals surface area contributed by atoms with E-state index < -0.39 is 23.6 Å². The molecule has 1 aliphatic carbocycles. The number of aliphatic hydroxyl groups is 1. The highest BCUT2D eigenvalue weighted by molar-refractivity contribution is 7.13. The Balaban J connectivity index is 1.45. The van der Waals surface area contributed by atoms with Crippen molar-refractivity contribution in [2.75, 3.05) is 13.1 Å². The van der Waals surface area contributed by atoms with E-state index in [-0.39, 0.29) is 42.1 Å². The number of hydrazine groups is 1. The number of hydrogen-bond acceptors (Lipinski definition) is 9. The predicted molar refractivity (Wildman–Crippen MR) is 239 cm³/mol. The van der Waals surface area contributed by atoms with Gasteiger partial charge in [-0.15, -0.1) is 11.3 Å². The van der Waals surface area contributed by atoms with Crippen molar-refractivity contribution in [2.45, 2.75) is 170 Å². The Bertz CT molecular complexity index is 1690. The minimum Gasteiger partial charge on any atom is -0.391 e. The van der Waals surface area contributed by atoms with Crippen LogP contribution in [-0.2, 0) is 27.3 Å². The van der Waals surface area contributed by atoms with Crippen LogP contribution in [0.4, 0.5) is 0 Å². The van der Waals surface area contributed by atoms with Crippen LogP contribution in [0.3, 0.4) is 0 Å². The second kappa shape index (κ2) is 21.8. The second-order valence-corrected chi connectivity index (χ2v) is 19.4. The minimum atomic E-state index is -0.764. The summed E-state index contributed by atoms with van der Waals surface area (Å²) < 4.78 is 0. The van der Waals surface area contributed by atoms with Crippen molar-refractivity contribution >= 4 is 36.9 Å². The van der Waals surface area contributed by atoms with Crippen molar-refractivity contribution in [3.63, 3.8) is 0 Å². The first-order valence-corrected chi connectivity index (χ1v) is 22.9. The summed E-state index contributed by atoms with van der Waals surface area (Å²) in [6, 6.07) is 5.41. The third kappa shape index (κ3) is 13.1. The molecule has 322 valence electrons. The molecule has 3 amide bonds. The average Bonchev–Trinajstić information content (AvgIpc) is 3.79. The Morgan fingerprint density at radius 2 is 1.81 bits per heavy atom. The summed E-state index contributed by atoms with van der Waals surface area (Å²) in [5.74, 6) is 6.44. The number of carbonyl (C=O) groups excluding carboxylic acids is 3. The van der Waals surface area contributed by atoms with Crippen LogP contribution in [0.1, 0.15) is 136 Å². The number of likely N-dealkylation sites (tertiary alicyclic amines) is 1. The summed E-state index contributed by atoms with van der Waals surface area (Å²) >= 11 is 1.65. The van der Waals surface area contributed by atoms with Gasteiger partial charge in [0.05, 0.1) is 28.2 Å². The van der Waals surface area contributed by atoms with Crippen molar-refractivity contribution in [1.82, 2.24) is 30.8 Å². The molecule has 0 bridgehead atoms. The van der Waals surface area contributed by atoms with Gasteiger partial charge in [-0.1, -0.05) is 78.8 Å². The number of aryl methyl sites for hydroxylation is 2. The van der Waals surface area contributed by atoms with Crippen molar-refractivity contribution in [1.29, 1.82) is 0 Å². The van der Waals surface area contributed by atoms with E-state index in [1.54, 1.807) is 21.2 Å². The zero-order chi connectivity index (χ0) is 42.6. The van der Waals surface area contributed by atoms with E-state index >= 15 is 0 Å². The highest BCUT2D eigenvalue weighted by Gasteiger charge is 2.45. The maximum atomic E-state index is 14.6. The molecule has 4 rings (SSSR count). The third-order valence-corrected chi connectivity index (χ3v) is 13.6. The molecule has 1 aromatic carbocycles. The molecule has 2 aromatic rings. The number of unbranched alkanes of at least 4 members (excludes halogenated alkanes) is 3. The summed E-state index contributed by atoms with van der Waals surface area (Å²) in [6.07, 6.45) is 14.0. The first-order chi connectivity index (χ1) is 27.5. The zero-order valence-electron chi connectivity index (χ0n) is 37.1. The molecule has 58 heavy (non-hydrogen) atoms. The summed E-state index contributed by atoms with van der Waals surface area (Å²) in [7, 11) is 2.22. The Labute approximate surface area is 354 Å². The Hall–Kier alpha value is -3.26. The van der Waals surface area contributed by atoms with Gasteiger partial charge in [-0.25, -0.2) is 10.8 Å². The first-order valence-electron chi connectivity index (χ1n) is 22.0. The summed E-state index contributed by atoms with van der Waals surface area (Å²) in [5, 5.41) is 22.4. The smallest absolute Gasteiger partial charge is 0.243 e. The van der Waals surface area contributed by atoms with Crippen LogP contribution in [0.15, 0.2) is 35.6 Å². The van der Waals surface area contributed by atoms with E-state index in [0.717, 1.165) is 86.7 Å². The molecule has 0 spiro atoms. The molecular weight excluding hydrogens is 745 g/mol. The van der Waals surface area contributed by atoms with Gasteiger partial charge in [-0.2, -0.15) is 0 Å². The molecule has 1 saturated heterocycles. The Morgan fingerprint density at radius 1 is 1.09 bits per heavy atom. The number of nitrogens with two attached hydrogens (primary N) is 1. The average molecular weight is 820 g/mol. The third-order valence-electron chi connectivity index (χ3n) is 12.6. The van der Waals surface area contributed by atoms with Crippen LogP contribution >= 0.6 is 11.3 Å². The monoisotopic (exact) mass is 820 g/mol. The predicted octanol–water partition coefficient (Wildman–Crippen LogP) is 6.39. The van der Waals surface area contributed by atoms with E-state index in [1.807, 2.05) is 25.6 Å². The number of aromatic nitrogens is 1. The van der Waals surface area contributed by atoms with E-state index in [2.05, 4.69) is 81.6 Å². The van der Waals surface area contributed by atoms with Gasteiger partial charge >= 0.3 is 0 Å². The summed E-state index contributed by atoms with van der Waals surface area (Å²) in [6.45, 7) is 17.4. The zero-order valence-corrected chi connectivity index (χ0v) is 37.9. The summed E-state index contributed by atoms with van der Waals surface area (Å²) in [5.41, 5.74) is 6.62. The van der Waals surface area contributed by atoms with E-state index in [0.29, 0.717) is 19.0 Å². The van der Waals surface area contributed by atoms with Crippen molar-refractivity contribution in [3.8, 4) is 10.4 Å². The van der Waals surface area contributed by atoms with Gasteiger partial charge in [-0.3, -0.25) is 14.4 Å². The van der Waals surface area contributed by atoms with Gasteiger partial charge in [0, 0.05) is 50.9 Å². The lowest BCUT2D eigenvalue weighted by molar-refractivity contribution is -0.142. The van der Waals surface area contributed by atoms with Crippen LogP contribution in [0, 0.1) is 23.7 Å². The van der Waals surface area contributed by atoms with Crippen LogP contribution in [0.2, 0.25) is 6.32 Å². The second-order valence-electron chi connectivity index (χ2n) is 18.6.